The van der Waals surface area contributed by atoms with E-state index in [1.54, 1.807) is 12.1 Å². The van der Waals surface area contributed by atoms with Crippen molar-refractivity contribution in [2.24, 2.45) is 5.92 Å². The summed E-state index contributed by atoms with van der Waals surface area (Å²) in [4.78, 5) is 11.0. The van der Waals surface area contributed by atoms with E-state index in [0.717, 1.165) is 28.0 Å². The highest BCUT2D eigenvalue weighted by Crippen LogP contribution is 2.49. The zero-order valence-corrected chi connectivity index (χ0v) is 15.6. The van der Waals surface area contributed by atoms with Crippen molar-refractivity contribution in [1.29, 1.82) is 0 Å². The van der Waals surface area contributed by atoms with Crippen LogP contribution in [0.25, 0.3) is 10.9 Å². The first kappa shape index (κ1) is 18.7. The van der Waals surface area contributed by atoms with Crippen molar-refractivity contribution in [3.05, 3.63) is 65.4 Å². The zero-order chi connectivity index (χ0) is 20.3. The Bertz CT molecular complexity index is 1180. The largest absolute Gasteiger partial charge is 0.416 e. The maximum atomic E-state index is 13.2. The summed E-state index contributed by atoms with van der Waals surface area (Å²) in [6.07, 6.45) is -1.88. The molecule has 1 aliphatic carbocycles. The number of aromatic nitrogens is 1. The molecule has 0 spiro atoms. The van der Waals surface area contributed by atoms with Gasteiger partial charge in [-0.2, -0.15) is 13.2 Å². The smallest absolute Gasteiger partial charge is 0.303 e. The minimum Gasteiger partial charge on any atom is -0.303 e. The molecule has 28 heavy (non-hydrogen) atoms. The van der Waals surface area contributed by atoms with Gasteiger partial charge in [-0.3, -0.25) is 0 Å². The highest BCUT2D eigenvalue weighted by Gasteiger charge is 2.41. The highest BCUT2D eigenvalue weighted by atomic mass is 32.2. The molecule has 8 heteroatoms. The van der Waals surface area contributed by atoms with E-state index in [2.05, 4.69) is 0 Å². The van der Waals surface area contributed by atoms with Gasteiger partial charge in [0.2, 0.25) is 0 Å². The van der Waals surface area contributed by atoms with Gasteiger partial charge in [0.15, 0.2) is 0 Å². The number of aldehydes is 1. The molecule has 0 saturated heterocycles. The Hall–Kier alpha value is -2.61. The third-order valence-electron chi connectivity index (χ3n) is 5.12. The van der Waals surface area contributed by atoms with Crippen molar-refractivity contribution in [3.8, 4) is 0 Å². The monoisotopic (exact) mass is 407 g/mol. The van der Waals surface area contributed by atoms with Gasteiger partial charge >= 0.3 is 6.18 Å². The molecule has 4 nitrogen and oxygen atoms in total. The van der Waals surface area contributed by atoms with Crippen LogP contribution in [0.3, 0.4) is 0 Å². The SMILES string of the molecule is Cc1ccc(S(=O)(=O)n2cc([C@@H]3C[C@H]3C=O)c3ccc(C(F)(F)F)cc32)cc1. The Morgan fingerprint density at radius 1 is 1.11 bits per heavy atom. The standard InChI is InChI=1S/C20H16F3NO3S/c1-12-2-5-15(6-3-12)28(26,27)24-10-18(17-8-13(17)11-25)16-7-4-14(9-19(16)24)20(21,22)23/h2-7,9-11,13,17H,8H2,1H3/t13-,17+/m0/s1. The van der Waals surface area contributed by atoms with Gasteiger partial charge in [0, 0.05) is 17.5 Å². The molecule has 0 aliphatic heterocycles. The Labute approximate surface area is 159 Å². The van der Waals surface area contributed by atoms with Crippen molar-refractivity contribution in [2.75, 3.05) is 0 Å². The summed E-state index contributed by atoms with van der Waals surface area (Å²) >= 11 is 0. The number of aryl methyl sites for hydroxylation is 1. The normalized spacial score (nSPS) is 19.7. The lowest BCUT2D eigenvalue weighted by atomic mass is 10.1. The quantitative estimate of drug-likeness (QED) is 0.598. The van der Waals surface area contributed by atoms with E-state index in [9.17, 15) is 26.4 Å². The number of halogens is 3. The van der Waals surface area contributed by atoms with Gasteiger partial charge in [-0.15, -0.1) is 0 Å². The van der Waals surface area contributed by atoms with E-state index in [4.69, 9.17) is 0 Å². The van der Waals surface area contributed by atoms with Crippen LogP contribution >= 0.6 is 0 Å². The van der Waals surface area contributed by atoms with Crippen molar-refractivity contribution in [3.63, 3.8) is 0 Å². The van der Waals surface area contributed by atoms with Gasteiger partial charge in [-0.1, -0.05) is 23.8 Å². The van der Waals surface area contributed by atoms with Gasteiger partial charge in [0.25, 0.3) is 10.0 Å². The summed E-state index contributed by atoms with van der Waals surface area (Å²) in [7, 11) is -4.09. The van der Waals surface area contributed by atoms with Gasteiger partial charge in [0.1, 0.15) is 6.29 Å². The first-order valence-corrected chi connectivity index (χ1v) is 10.1. The Morgan fingerprint density at radius 2 is 1.79 bits per heavy atom. The predicted octanol–water partition coefficient (Wildman–Crippen LogP) is 4.51. The third kappa shape index (κ3) is 3.01. The topological polar surface area (TPSA) is 56.1 Å². The average molecular weight is 407 g/mol. The lowest BCUT2D eigenvalue weighted by molar-refractivity contribution is -0.137. The Kier molecular flexibility index (Phi) is 4.15. The molecule has 1 aromatic heterocycles. The number of carbonyl (C=O) groups excluding carboxylic acids is 1. The van der Waals surface area contributed by atoms with Crippen molar-refractivity contribution in [2.45, 2.75) is 30.3 Å². The predicted molar refractivity (Wildman–Crippen MR) is 97.6 cm³/mol. The molecule has 0 unspecified atom stereocenters. The van der Waals surface area contributed by atoms with E-state index in [1.165, 1.54) is 24.4 Å². The number of benzene rings is 2. The highest BCUT2D eigenvalue weighted by molar-refractivity contribution is 7.90. The fraction of sp³-hybridized carbons (Fsp3) is 0.250. The lowest BCUT2D eigenvalue weighted by Gasteiger charge is -2.10. The summed E-state index contributed by atoms with van der Waals surface area (Å²) in [5.41, 5.74) is 0.481. The first-order valence-electron chi connectivity index (χ1n) is 8.62. The molecule has 0 bridgehead atoms. The third-order valence-corrected chi connectivity index (χ3v) is 6.81. The number of alkyl halides is 3. The number of hydrogen-bond acceptors (Lipinski definition) is 3. The molecule has 4 rings (SSSR count). The minimum atomic E-state index is -4.60. The van der Waals surface area contributed by atoms with E-state index < -0.39 is 21.8 Å². The van der Waals surface area contributed by atoms with Gasteiger partial charge < -0.3 is 4.79 Å². The second kappa shape index (κ2) is 6.20. The molecular weight excluding hydrogens is 391 g/mol. The maximum absolute atomic E-state index is 13.2. The second-order valence-electron chi connectivity index (χ2n) is 7.07. The summed E-state index contributed by atoms with van der Waals surface area (Å²) in [6, 6.07) is 9.18. The molecule has 1 fully saturated rings. The van der Waals surface area contributed by atoms with Gasteiger partial charge in [0.05, 0.1) is 16.0 Å². The van der Waals surface area contributed by atoms with Crippen LogP contribution in [-0.4, -0.2) is 18.7 Å². The maximum Gasteiger partial charge on any atom is 0.416 e. The van der Waals surface area contributed by atoms with Crippen LogP contribution in [0.1, 0.15) is 29.0 Å². The molecule has 1 heterocycles. The molecular formula is C20H16F3NO3S. The van der Waals surface area contributed by atoms with Gasteiger partial charge in [-0.05, 0) is 49.1 Å². The average Bonchev–Trinajstić information content (AvgIpc) is 3.32. The molecule has 1 aliphatic rings. The van der Waals surface area contributed by atoms with Crippen molar-refractivity contribution in [1.82, 2.24) is 3.97 Å². The van der Waals surface area contributed by atoms with Crippen molar-refractivity contribution >= 4 is 27.2 Å². The number of rotatable bonds is 4. The summed E-state index contributed by atoms with van der Waals surface area (Å²) in [6.45, 7) is 1.81. The van der Waals surface area contributed by atoms with E-state index in [1.807, 2.05) is 6.92 Å². The van der Waals surface area contributed by atoms with Crippen LogP contribution in [0.5, 0.6) is 0 Å². The van der Waals surface area contributed by atoms with Crippen LogP contribution in [0, 0.1) is 12.8 Å². The fourth-order valence-corrected chi connectivity index (χ4v) is 4.81. The number of carbonyl (C=O) groups is 1. The summed E-state index contributed by atoms with van der Waals surface area (Å²) in [5.74, 6) is -0.408. The van der Waals surface area contributed by atoms with E-state index in [0.29, 0.717) is 17.4 Å². The van der Waals surface area contributed by atoms with E-state index >= 15 is 0 Å². The summed E-state index contributed by atoms with van der Waals surface area (Å²) < 4.78 is 66.8. The number of nitrogens with zero attached hydrogens (tertiary/aromatic N) is 1. The second-order valence-corrected chi connectivity index (χ2v) is 8.89. The zero-order valence-electron chi connectivity index (χ0n) is 14.8. The molecule has 0 amide bonds. The van der Waals surface area contributed by atoms with Crippen LogP contribution in [0.15, 0.2) is 53.6 Å². The molecule has 0 N–H and O–H groups in total. The minimum absolute atomic E-state index is 0.0123. The van der Waals surface area contributed by atoms with Crippen LogP contribution < -0.4 is 0 Å². The molecule has 146 valence electrons. The molecule has 2 atom stereocenters. The lowest BCUT2D eigenvalue weighted by Crippen LogP contribution is -2.12. The summed E-state index contributed by atoms with van der Waals surface area (Å²) in [5, 5.41) is 0.415. The number of fused-ring (bicyclic) bond motifs is 1. The molecule has 0 radical (unpaired) electrons. The Balaban J connectivity index is 1.96. The first-order chi connectivity index (χ1) is 13.1. The van der Waals surface area contributed by atoms with Crippen LogP contribution in [0.4, 0.5) is 13.2 Å². The fourth-order valence-electron chi connectivity index (χ4n) is 3.44. The molecule has 3 aromatic rings. The molecule has 2 aromatic carbocycles. The van der Waals surface area contributed by atoms with Crippen LogP contribution in [-0.2, 0) is 21.0 Å². The number of hydrogen-bond donors (Lipinski definition) is 0. The van der Waals surface area contributed by atoms with Gasteiger partial charge in [-0.25, -0.2) is 12.4 Å². The van der Waals surface area contributed by atoms with E-state index in [-0.39, 0.29) is 22.2 Å². The van der Waals surface area contributed by atoms with Crippen LogP contribution in [0.2, 0.25) is 0 Å². The molecule has 1 saturated carbocycles. The van der Waals surface area contributed by atoms with Crippen molar-refractivity contribution < 1.29 is 26.4 Å². The Morgan fingerprint density at radius 3 is 2.36 bits per heavy atom.